The van der Waals surface area contributed by atoms with Crippen molar-refractivity contribution in [3.05, 3.63) is 11.2 Å². The SMILES string of the molecule is COCCN(C(C)C1CC1)S(=O)(=O)c1scnc1C(=O)O. The highest BCUT2D eigenvalue weighted by Crippen LogP contribution is 2.37. The fourth-order valence-electron chi connectivity index (χ4n) is 2.21. The lowest BCUT2D eigenvalue weighted by Gasteiger charge is -2.27. The van der Waals surface area contributed by atoms with Gasteiger partial charge in [-0.25, -0.2) is 18.2 Å². The number of thiazole rings is 1. The van der Waals surface area contributed by atoms with E-state index in [1.54, 1.807) is 0 Å². The van der Waals surface area contributed by atoms with Gasteiger partial charge in [0, 0.05) is 19.7 Å². The molecule has 1 aliphatic carbocycles. The number of sulfonamides is 1. The van der Waals surface area contributed by atoms with Gasteiger partial charge in [-0.3, -0.25) is 0 Å². The number of carboxylic acid groups (broad SMARTS) is 1. The van der Waals surface area contributed by atoms with Crippen LogP contribution < -0.4 is 0 Å². The predicted molar refractivity (Wildman–Crippen MR) is 77.0 cm³/mol. The molecule has 1 aliphatic rings. The molecule has 1 aromatic rings. The molecule has 0 aromatic carbocycles. The molecule has 2 rings (SSSR count). The van der Waals surface area contributed by atoms with Crippen molar-refractivity contribution in [1.29, 1.82) is 0 Å². The molecule has 0 saturated heterocycles. The maximum absolute atomic E-state index is 12.8. The number of methoxy groups -OCH3 is 1. The van der Waals surface area contributed by atoms with Crippen molar-refractivity contribution in [2.45, 2.75) is 30.0 Å². The van der Waals surface area contributed by atoms with Crippen LogP contribution in [-0.2, 0) is 14.8 Å². The maximum Gasteiger partial charge on any atom is 0.356 e. The first-order valence-electron chi connectivity index (χ1n) is 6.57. The Balaban J connectivity index is 2.36. The minimum atomic E-state index is -3.88. The summed E-state index contributed by atoms with van der Waals surface area (Å²) in [6.07, 6.45) is 1.99. The van der Waals surface area contributed by atoms with Crippen molar-refractivity contribution in [1.82, 2.24) is 9.29 Å². The molecule has 7 nitrogen and oxygen atoms in total. The average Bonchev–Trinajstić information content (AvgIpc) is 3.14. The van der Waals surface area contributed by atoms with Crippen LogP contribution >= 0.6 is 11.3 Å². The Morgan fingerprint density at radius 3 is 2.81 bits per heavy atom. The van der Waals surface area contributed by atoms with E-state index in [2.05, 4.69) is 4.98 Å². The zero-order valence-electron chi connectivity index (χ0n) is 11.9. The Hall–Kier alpha value is -1.03. The van der Waals surface area contributed by atoms with E-state index in [1.165, 1.54) is 16.9 Å². The first kappa shape index (κ1) is 16.3. The largest absolute Gasteiger partial charge is 0.476 e. The average molecular weight is 334 g/mol. The molecule has 0 bridgehead atoms. The normalized spacial score (nSPS) is 17.1. The molecule has 1 atom stereocenters. The van der Waals surface area contributed by atoms with Gasteiger partial charge in [-0.15, -0.1) is 11.3 Å². The number of carboxylic acids is 1. The van der Waals surface area contributed by atoms with Crippen LogP contribution in [0.4, 0.5) is 0 Å². The predicted octanol–water partition coefficient (Wildman–Crippen LogP) is 1.28. The van der Waals surface area contributed by atoms with Gasteiger partial charge in [-0.1, -0.05) is 0 Å². The second kappa shape index (κ2) is 6.39. The van der Waals surface area contributed by atoms with Gasteiger partial charge in [0.2, 0.25) is 0 Å². The van der Waals surface area contributed by atoms with Crippen molar-refractivity contribution in [3.8, 4) is 0 Å². The molecule has 1 saturated carbocycles. The number of aromatic nitrogens is 1. The van der Waals surface area contributed by atoms with Gasteiger partial charge < -0.3 is 9.84 Å². The third-order valence-electron chi connectivity index (χ3n) is 3.55. The number of hydrogen-bond donors (Lipinski definition) is 1. The molecule has 0 spiro atoms. The van der Waals surface area contributed by atoms with Crippen LogP contribution in [-0.4, -0.2) is 55.1 Å². The number of hydrogen-bond acceptors (Lipinski definition) is 6. The Morgan fingerprint density at radius 1 is 1.62 bits per heavy atom. The van der Waals surface area contributed by atoms with E-state index in [1.807, 2.05) is 6.92 Å². The zero-order valence-corrected chi connectivity index (χ0v) is 13.5. The zero-order chi connectivity index (χ0) is 15.6. The van der Waals surface area contributed by atoms with Gasteiger partial charge in [-0.2, -0.15) is 4.31 Å². The quantitative estimate of drug-likeness (QED) is 0.769. The first-order valence-corrected chi connectivity index (χ1v) is 8.89. The van der Waals surface area contributed by atoms with Gasteiger partial charge >= 0.3 is 5.97 Å². The Morgan fingerprint density at radius 2 is 2.29 bits per heavy atom. The lowest BCUT2D eigenvalue weighted by molar-refractivity contribution is 0.0687. The van der Waals surface area contributed by atoms with Crippen LogP contribution in [0.3, 0.4) is 0 Å². The molecule has 0 amide bonds. The molecule has 9 heteroatoms. The molecule has 1 heterocycles. The van der Waals surface area contributed by atoms with Crippen LogP contribution in [0.25, 0.3) is 0 Å². The van der Waals surface area contributed by atoms with Crippen LogP contribution in [0.2, 0.25) is 0 Å². The Bertz CT molecular complexity index is 609. The van der Waals surface area contributed by atoms with Gasteiger partial charge in [-0.05, 0) is 25.7 Å². The molecule has 21 heavy (non-hydrogen) atoms. The summed E-state index contributed by atoms with van der Waals surface area (Å²) in [6, 6.07) is -0.172. The van der Waals surface area contributed by atoms with Gasteiger partial charge in [0.25, 0.3) is 10.0 Å². The van der Waals surface area contributed by atoms with E-state index in [0.717, 1.165) is 24.2 Å². The Kier molecular flexibility index (Phi) is 4.97. The summed E-state index contributed by atoms with van der Waals surface area (Å²) in [6.45, 7) is 2.32. The molecule has 1 unspecified atom stereocenters. The summed E-state index contributed by atoms with van der Waals surface area (Å²) in [7, 11) is -2.38. The van der Waals surface area contributed by atoms with Crippen molar-refractivity contribution in [2.75, 3.05) is 20.3 Å². The number of aromatic carboxylic acids is 1. The molecule has 0 radical (unpaired) electrons. The van der Waals surface area contributed by atoms with Crippen LogP contribution in [0, 0.1) is 5.92 Å². The van der Waals surface area contributed by atoms with E-state index in [0.29, 0.717) is 5.92 Å². The minimum absolute atomic E-state index is 0.172. The fourth-order valence-corrected chi connectivity index (χ4v) is 5.14. The van der Waals surface area contributed by atoms with Crippen molar-refractivity contribution >= 4 is 27.3 Å². The van der Waals surface area contributed by atoms with Crippen molar-refractivity contribution in [3.63, 3.8) is 0 Å². The molecule has 118 valence electrons. The minimum Gasteiger partial charge on any atom is -0.476 e. The number of ether oxygens (including phenoxy) is 1. The van der Waals surface area contributed by atoms with E-state index in [4.69, 9.17) is 9.84 Å². The summed E-state index contributed by atoms with van der Waals surface area (Å²) in [5.74, 6) is -1.00. The highest BCUT2D eigenvalue weighted by molar-refractivity contribution is 7.91. The third kappa shape index (κ3) is 3.42. The fraction of sp³-hybridized carbons (Fsp3) is 0.667. The second-order valence-electron chi connectivity index (χ2n) is 4.98. The first-order chi connectivity index (χ1) is 9.89. The van der Waals surface area contributed by atoms with Gasteiger partial charge in [0.15, 0.2) is 9.90 Å². The monoisotopic (exact) mass is 334 g/mol. The highest BCUT2D eigenvalue weighted by Gasteiger charge is 2.40. The summed E-state index contributed by atoms with van der Waals surface area (Å²) < 4.78 is 31.7. The molecular formula is C12H18N2O5S2. The lowest BCUT2D eigenvalue weighted by Crippen LogP contribution is -2.42. The maximum atomic E-state index is 12.8. The number of rotatable bonds is 8. The summed E-state index contributed by atoms with van der Waals surface area (Å²) in [5, 5.41) is 9.07. The van der Waals surface area contributed by atoms with Crippen LogP contribution in [0.1, 0.15) is 30.3 Å². The number of nitrogens with zero attached hydrogens (tertiary/aromatic N) is 2. The smallest absolute Gasteiger partial charge is 0.356 e. The Labute approximate surface area is 127 Å². The standard InChI is InChI=1S/C12H18N2O5S2/c1-8(9-3-4-9)14(5-6-19-2)21(17,18)12-10(11(15)16)13-7-20-12/h7-9H,3-6H2,1-2H3,(H,15,16). The van der Waals surface area contributed by atoms with Crippen LogP contribution in [0.5, 0.6) is 0 Å². The third-order valence-corrected chi connectivity index (χ3v) is 6.89. The molecule has 1 fully saturated rings. The van der Waals surface area contributed by atoms with Crippen molar-refractivity contribution < 1.29 is 23.1 Å². The topological polar surface area (TPSA) is 96.8 Å². The number of carbonyl (C=O) groups is 1. The van der Waals surface area contributed by atoms with E-state index >= 15 is 0 Å². The molecule has 0 aliphatic heterocycles. The highest BCUT2D eigenvalue weighted by atomic mass is 32.2. The van der Waals surface area contributed by atoms with Gasteiger partial charge in [0.05, 0.1) is 12.1 Å². The van der Waals surface area contributed by atoms with E-state index in [-0.39, 0.29) is 23.4 Å². The van der Waals surface area contributed by atoms with Crippen molar-refractivity contribution in [2.24, 2.45) is 5.92 Å². The molecular weight excluding hydrogens is 316 g/mol. The van der Waals surface area contributed by atoms with Crippen LogP contribution in [0.15, 0.2) is 9.72 Å². The molecule has 1 N–H and O–H groups in total. The van der Waals surface area contributed by atoms with Gasteiger partial charge in [0.1, 0.15) is 0 Å². The summed E-state index contributed by atoms with van der Waals surface area (Å²) in [5.41, 5.74) is 0.831. The van der Waals surface area contributed by atoms with E-state index < -0.39 is 21.7 Å². The van der Waals surface area contributed by atoms with E-state index in [9.17, 15) is 13.2 Å². The summed E-state index contributed by atoms with van der Waals surface area (Å²) >= 11 is 0.834. The lowest BCUT2D eigenvalue weighted by atomic mass is 10.2. The molecule has 1 aromatic heterocycles. The summed E-state index contributed by atoms with van der Waals surface area (Å²) in [4.78, 5) is 14.8. The second-order valence-corrected chi connectivity index (χ2v) is 7.92.